The number of aromatic nitrogens is 3. The highest BCUT2D eigenvalue weighted by Gasteiger charge is 2.07. The Kier molecular flexibility index (Phi) is 3.93. The van der Waals surface area contributed by atoms with Crippen LogP contribution in [-0.2, 0) is 0 Å². The summed E-state index contributed by atoms with van der Waals surface area (Å²) in [5.41, 5.74) is 0.852. The molecule has 0 aliphatic rings. The molecule has 21 heavy (non-hydrogen) atoms. The van der Waals surface area contributed by atoms with Crippen LogP contribution in [0, 0.1) is 0 Å². The molecular formula is C15H11ClN4O. The molecule has 0 atom stereocenters. The Morgan fingerprint density at radius 1 is 0.810 bits per heavy atom. The summed E-state index contributed by atoms with van der Waals surface area (Å²) >= 11 is 5.90. The van der Waals surface area contributed by atoms with Crippen LogP contribution in [0.25, 0.3) is 0 Å². The summed E-state index contributed by atoms with van der Waals surface area (Å²) in [6.45, 7) is 0. The summed E-state index contributed by atoms with van der Waals surface area (Å²) in [6, 6.07) is 18.9. The van der Waals surface area contributed by atoms with Crippen LogP contribution in [0.2, 0.25) is 5.28 Å². The molecule has 0 amide bonds. The highest BCUT2D eigenvalue weighted by Crippen LogP contribution is 2.20. The average Bonchev–Trinajstić information content (AvgIpc) is 2.48. The van der Waals surface area contributed by atoms with Crippen LogP contribution in [0.1, 0.15) is 0 Å². The van der Waals surface area contributed by atoms with Crippen molar-refractivity contribution in [2.24, 2.45) is 0 Å². The lowest BCUT2D eigenvalue weighted by Crippen LogP contribution is -2.01. The molecule has 0 radical (unpaired) electrons. The summed E-state index contributed by atoms with van der Waals surface area (Å²) in [4.78, 5) is 12.2. The van der Waals surface area contributed by atoms with Crippen molar-refractivity contribution in [2.75, 3.05) is 5.32 Å². The second kappa shape index (κ2) is 6.19. The van der Waals surface area contributed by atoms with E-state index < -0.39 is 0 Å². The van der Waals surface area contributed by atoms with Gasteiger partial charge in [-0.2, -0.15) is 15.0 Å². The first-order valence-electron chi connectivity index (χ1n) is 6.26. The van der Waals surface area contributed by atoms with Crippen molar-refractivity contribution in [3.63, 3.8) is 0 Å². The van der Waals surface area contributed by atoms with Crippen molar-refractivity contribution >= 4 is 23.2 Å². The average molecular weight is 299 g/mol. The molecule has 0 unspecified atom stereocenters. The summed E-state index contributed by atoms with van der Waals surface area (Å²) in [5.74, 6) is 0.956. The molecule has 1 heterocycles. The SMILES string of the molecule is Clc1nc(Nc2ccccc2)nc(Oc2ccccc2)n1. The number of benzene rings is 2. The van der Waals surface area contributed by atoms with E-state index in [9.17, 15) is 0 Å². The van der Waals surface area contributed by atoms with E-state index in [1.54, 1.807) is 0 Å². The lowest BCUT2D eigenvalue weighted by Gasteiger charge is -2.07. The molecule has 0 saturated carbocycles. The number of rotatable bonds is 4. The number of anilines is 2. The number of nitrogens with one attached hydrogen (secondary N) is 1. The van der Waals surface area contributed by atoms with E-state index in [1.165, 1.54) is 0 Å². The summed E-state index contributed by atoms with van der Waals surface area (Å²) < 4.78 is 5.55. The standard InChI is InChI=1S/C15H11ClN4O/c16-13-18-14(17-11-7-3-1-4-8-11)20-15(19-13)21-12-9-5-2-6-10-12/h1-10H,(H,17,18,19,20). The second-order valence-corrected chi connectivity index (χ2v) is 4.45. The highest BCUT2D eigenvalue weighted by atomic mass is 35.5. The van der Waals surface area contributed by atoms with Gasteiger partial charge in [-0.1, -0.05) is 36.4 Å². The van der Waals surface area contributed by atoms with Gasteiger partial charge < -0.3 is 10.1 Å². The minimum absolute atomic E-state index is 0.0642. The fourth-order valence-electron chi connectivity index (χ4n) is 1.68. The first-order valence-corrected chi connectivity index (χ1v) is 6.64. The van der Waals surface area contributed by atoms with Crippen LogP contribution in [-0.4, -0.2) is 15.0 Å². The van der Waals surface area contributed by atoms with E-state index in [4.69, 9.17) is 16.3 Å². The molecule has 3 aromatic rings. The largest absolute Gasteiger partial charge is 0.424 e. The molecule has 104 valence electrons. The Morgan fingerprint density at radius 2 is 1.48 bits per heavy atom. The third-order valence-corrected chi connectivity index (χ3v) is 2.74. The first kappa shape index (κ1) is 13.3. The number of para-hydroxylation sites is 2. The van der Waals surface area contributed by atoms with Gasteiger partial charge in [0.15, 0.2) is 0 Å². The fraction of sp³-hybridized carbons (Fsp3) is 0. The number of hydrogen-bond donors (Lipinski definition) is 1. The topological polar surface area (TPSA) is 59.9 Å². The Hall–Kier alpha value is -2.66. The quantitative estimate of drug-likeness (QED) is 0.787. The number of ether oxygens (including phenoxy) is 1. The van der Waals surface area contributed by atoms with Gasteiger partial charge in [0.05, 0.1) is 0 Å². The van der Waals surface area contributed by atoms with E-state index in [-0.39, 0.29) is 11.3 Å². The number of halogens is 1. The molecule has 2 aromatic carbocycles. The van der Waals surface area contributed by atoms with Crippen LogP contribution in [0.5, 0.6) is 11.8 Å². The molecule has 0 spiro atoms. The lowest BCUT2D eigenvalue weighted by atomic mass is 10.3. The first-order chi connectivity index (χ1) is 10.3. The van der Waals surface area contributed by atoms with Crippen molar-refractivity contribution in [1.29, 1.82) is 0 Å². The van der Waals surface area contributed by atoms with Gasteiger partial charge in [0, 0.05) is 5.69 Å². The zero-order valence-electron chi connectivity index (χ0n) is 10.9. The van der Waals surface area contributed by atoms with E-state index in [1.807, 2.05) is 60.7 Å². The molecule has 0 bridgehead atoms. The molecule has 0 saturated heterocycles. The zero-order chi connectivity index (χ0) is 14.5. The molecule has 1 aromatic heterocycles. The van der Waals surface area contributed by atoms with Gasteiger partial charge in [-0.25, -0.2) is 0 Å². The van der Waals surface area contributed by atoms with Gasteiger partial charge in [-0.3, -0.25) is 0 Å². The molecule has 5 nitrogen and oxygen atoms in total. The van der Waals surface area contributed by atoms with Crippen LogP contribution in [0.15, 0.2) is 60.7 Å². The van der Waals surface area contributed by atoms with Crippen LogP contribution in [0.4, 0.5) is 11.6 Å². The molecule has 0 aliphatic heterocycles. The maximum absolute atomic E-state index is 5.90. The third-order valence-electron chi connectivity index (χ3n) is 2.57. The van der Waals surface area contributed by atoms with Gasteiger partial charge in [0.25, 0.3) is 0 Å². The van der Waals surface area contributed by atoms with E-state index in [0.29, 0.717) is 11.7 Å². The van der Waals surface area contributed by atoms with Crippen LogP contribution in [0.3, 0.4) is 0 Å². The second-order valence-electron chi connectivity index (χ2n) is 4.12. The Balaban J connectivity index is 1.83. The smallest absolute Gasteiger partial charge is 0.328 e. The Bertz CT molecular complexity index is 663. The van der Waals surface area contributed by atoms with Crippen molar-refractivity contribution in [3.05, 3.63) is 65.9 Å². The molecule has 6 heteroatoms. The monoisotopic (exact) mass is 298 g/mol. The predicted octanol–water partition coefficient (Wildman–Crippen LogP) is 4.06. The van der Waals surface area contributed by atoms with Crippen molar-refractivity contribution < 1.29 is 4.74 Å². The minimum atomic E-state index is 0.0642. The number of nitrogens with zero attached hydrogens (tertiary/aromatic N) is 3. The maximum atomic E-state index is 5.90. The molecule has 0 aliphatic carbocycles. The van der Waals surface area contributed by atoms with Crippen molar-refractivity contribution in [1.82, 2.24) is 15.0 Å². The third kappa shape index (κ3) is 3.67. The summed E-state index contributed by atoms with van der Waals surface area (Å²) in [6.07, 6.45) is 0. The predicted molar refractivity (Wildman–Crippen MR) is 81.1 cm³/mol. The fourth-order valence-corrected chi connectivity index (χ4v) is 1.83. The lowest BCUT2D eigenvalue weighted by molar-refractivity contribution is 0.440. The normalized spacial score (nSPS) is 10.1. The van der Waals surface area contributed by atoms with Crippen molar-refractivity contribution in [2.45, 2.75) is 0 Å². The summed E-state index contributed by atoms with van der Waals surface area (Å²) in [7, 11) is 0. The molecule has 1 N–H and O–H groups in total. The Morgan fingerprint density at radius 3 is 2.19 bits per heavy atom. The molecule has 0 fully saturated rings. The van der Waals surface area contributed by atoms with Crippen LogP contribution < -0.4 is 10.1 Å². The minimum Gasteiger partial charge on any atom is -0.424 e. The van der Waals surface area contributed by atoms with E-state index >= 15 is 0 Å². The van der Waals surface area contributed by atoms with Gasteiger partial charge in [0.1, 0.15) is 5.75 Å². The van der Waals surface area contributed by atoms with Crippen LogP contribution >= 0.6 is 11.6 Å². The summed E-state index contributed by atoms with van der Waals surface area (Å²) in [5, 5.41) is 3.11. The van der Waals surface area contributed by atoms with Crippen molar-refractivity contribution in [3.8, 4) is 11.8 Å². The zero-order valence-corrected chi connectivity index (χ0v) is 11.7. The van der Waals surface area contributed by atoms with Gasteiger partial charge in [0.2, 0.25) is 11.2 Å². The van der Waals surface area contributed by atoms with E-state index in [2.05, 4.69) is 20.3 Å². The van der Waals surface area contributed by atoms with Gasteiger partial charge >= 0.3 is 6.01 Å². The van der Waals surface area contributed by atoms with E-state index in [0.717, 1.165) is 5.69 Å². The molecule has 3 rings (SSSR count). The Labute approximate surface area is 126 Å². The molecular weight excluding hydrogens is 288 g/mol. The highest BCUT2D eigenvalue weighted by molar-refractivity contribution is 6.28. The number of hydrogen-bond acceptors (Lipinski definition) is 5. The van der Waals surface area contributed by atoms with Gasteiger partial charge in [-0.05, 0) is 35.9 Å². The maximum Gasteiger partial charge on any atom is 0.328 e. The van der Waals surface area contributed by atoms with Gasteiger partial charge in [-0.15, -0.1) is 0 Å².